The number of hydrazone groups is 1. The van der Waals surface area contributed by atoms with Crippen LogP contribution in [0, 0.1) is 5.41 Å². The van der Waals surface area contributed by atoms with Crippen LogP contribution in [0.25, 0.3) is 11.0 Å². The molecule has 174 valence electrons. The van der Waals surface area contributed by atoms with Crippen LogP contribution in [0.1, 0.15) is 11.7 Å². The summed E-state index contributed by atoms with van der Waals surface area (Å²) in [6, 6.07) is 19.6. The van der Waals surface area contributed by atoms with E-state index < -0.39 is 6.10 Å². The molecule has 0 aliphatic carbocycles. The second-order valence-electron chi connectivity index (χ2n) is 7.55. The van der Waals surface area contributed by atoms with E-state index in [4.69, 9.17) is 46.1 Å². The molecule has 4 rings (SSSR count). The number of nitrogens with zero attached hydrogens (tertiary/aromatic N) is 4. The number of aliphatic imine (C=N–C) groups is 1. The topological polar surface area (TPSA) is 105 Å². The molecule has 1 heterocycles. The van der Waals surface area contributed by atoms with Crippen LogP contribution in [0.2, 0.25) is 15.1 Å². The molecule has 0 saturated carbocycles. The molecule has 0 bridgehead atoms. The van der Waals surface area contributed by atoms with Crippen molar-refractivity contribution in [1.29, 1.82) is 5.41 Å². The lowest BCUT2D eigenvalue weighted by atomic mass is 10.1. The zero-order chi connectivity index (χ0) is 24.2. The van der Waals surface area contributed by atoms with Gasteiger partial charge in [0.2, 0.25) is 5.62 Å². The minimum Gasteiger partial charge on any atom is -0.387 e. The molecule has 0 saturated heterocycles. The fourth-order valence-corrected chi connectivity index (χ4v) is 4.02. The summed E-state index contributed by atoms with van der Waals surface area (Å²) in [5.74, 6) is 5.62. The van der Waals surface area contributed by atoms with E-state index in [1.165, 1.54) is 0 Å². The number of aliphatic hydroxyl groups excluding tert-OH is 1. The number of hydrogen-bond donors (Lipinski definition) is 3. The summed E-state index contributed by atoms with van der Waals surface area (Å²) in [5.41, 5.74) is 3.56. The maximum Gasteiger partial charge on any atom is 0.203 e. The number of hydrogen-bond acceptors (Lipinski definition) is 5. The largest absolute Gasteiger partial charge is 0.387 e. The van der Waals surface area contributed by atoms with Crippen LogP contribution >= 0.6 is 34.8 Å². The van der Waals surface area contributed by atoms with Crippen molar-refractivity contribution >= 4 is 63.4 Å². The van der Waals surface area contributed by atoms with Crippen LogP contribution in [0.15, 0.2) is 76.8 Å². The number of nitrogens with one attached hydrogen (secondary N) is 1. The highest BCUT2D eigenvalue weighted by atomic mass is 35.5. The number of rotatable bonds is 7. The van der Waals surface area contributed by atoms with Gasteiger partial charge in [0.25, 0.3) is 0 Å². The summed E-state index contributed by atoms with van der Waals surface area (Å²) in [6.45, 7) is 0.376. The summed E-state index contributed by atoms with van der Waals surface area (Å²) >= 11 is 18.0. The monoisotopic (exact) mass is 514 g/mol. The predicted octanol–water partition coefficient (Wildman–Crippen LogP) is 5.33. The van der Waals surface area contributed by atoms with Crippen LogP contribution in [-0.4, -0.2) is 26.2 Å². The van der Waals surface area contributed by atoms with E-state index in [1.54, 1.807) is 57.8 Å². The minimum atomic E-state index is -0.891. The van der Waals surface area contributed by atoms with E-state index in [0.717, 1.165) is 11.0 Å². The third kappa shape index (κ3) is 5.18. The fraction of sp³-hybridized carbons (Fsp3) is 0.125. The fourth-order valence-electron chi connectivity index (χ4n) is 3.59. The smallest absolute Gasteiger partial charge is 0.203 e. The molecule has 1 aromatic heterocycles. The van der Waals surface area contributed by atoms with Crippen molar-refractivity contribution in [1.82, 2.24) is 9.13 Å². The van der Waals surface area contributed by atoms with E-state index in [9.17, 15) is 5.11 Å². The van der Waals surface area contributed by atoms with Crippen molar-refractivity contribution < 1.29 is 5.11 Å². The van der Waals surface area contributed by atoms with E-state index in [-0.39, 0.29) is 18.7 Å². The van der Waals surface area contributed by atoms with Gasteiger partial charge >= 0.3 is 0 Å². The average molecular weight is 516 g/mol. The first kappa shape index (κ1) is 24.0. The van der Waals surface area contributed by atoms with E-state index >= 15 is 0 Å². The van der Waals surface area contributed by atoms with Gasteiger partial charge in [-0.25, -0.2) is 0 Å². The van der Waals surface area contributed by atoms with Crippen LogP contribution in [-0.2, 0) is 13.1 Å². The van der Waals surface area contributed by atoms with Crippen molar-refractivity contribution in [2.45, 2.75) is 19.2 Å². The van der Waals surface area contributed by atoms with Gasteiger partial charge in [0.1, 0.15) is 0 Å². The van der Waals surface area contributed by atoms with Crippen molar-refractivity contribution in [2.75, 3.05) is 0 Å². The molecular formula is C24H21Cl3N6O. The zero-order valence-electron chi connectivity index (χ0n) is 17.9. The van der Waals surface area contributed by atoms with Crippen molar-refractivity contribution in [3.05, 3.63) is 93.0 Å². The highest BCUT2D eigenvalue weighted by molar-refractivity contribution is 6.42. The first-order valence-corrected chi connectivity index (χ1v) is 11.4. The number of aromatic nitrogens is 2. The van der Waals surface area contributed by atoms with Crippen molar-refractivity contribution in [3.8, 4) is 0 Å². The van der Waals surface area contributed by atoms with Gasteiger partial charge < -0.3 is 20.1 Å². The molecule has 4 N–H and O–H groups in total. The third-order valence-electron chi connectivity index (χ3n) is 5.33. The average Bonchev–Trinajstić information content (AvgIpc) is 3.10. The Balaban J connectivity index is 1.65. The van der Waals surface area contributed by atoms with Crippen molar-refractivity contribution in [3.63, 3.8) is 0 Å². The molecule has 0 aliphatic rings. The zero-order valence-corrected chi connectivity index (χ0v) is 20.1. The van der Waals surface area contributed by atoms with Gasteiger partial charge in [-0.3, -0.25) is 10.4 Å². The molecule has 0 fully saturated rings. The molecule has 34 heavy (non-hydrogen) atoms. The number of halogens is 3. The van der Waals surface area contributed by atoms with Gasteiger partial charge in [0.05, 0.1) is 57.9 Å². The number of imidazole rings is 1. The van der Waals surface area contributed by atoms with Crippen LogP contribution in [0.4, 0.5) is 5.69 Å². The Hall–Kier alpha value is -3.10. The molecule has 0 amide bonds. The molecule has 0 radical (unpaired) electrons. The predicted molar refractivity (Wildman–Crippen MR) is 138 cm³/mol. The van der Waals surface area contributed by atoms with Crippen LogP contribution in [0.3, 0.4) is 0 Å². The summed E-state index contributed by atoms with van der Waals surface area (Å²) in [4.78, 5) is 4.40. The van der Waals surface area contributed by atoms with E-state index in [0.29, 0.717) is 32.0 Å². The molecule has 7 nitrogen and oxygen atoms in total. The number of nitrogens with two attached hydrogens (primary N) is 1. The van der Waals surface area contributed by atoms with Gasteiger partial charge in [-0.1, -0.05) is 53.0 Å². The maximum absolute atomic E-state index is 10.9. The number of benzene rings is 3. The molecule has 3 aromatic carbocycles. The van der Waals surface area contributed by atoms with Gasteiger partial charge in [-0.2, -0.15) is 5.10 Å². The summed E-state index contributed by atoms with van der Waals surface area (Å²) in [7, 11) is 0. The quantitative estimate of drug-likeness (QED) is 0.176. The Labute approximate surface area is 210 Å². The van der Waals surface area contributed by atoms with Gasteiger partial charge in [0.15, 0.2) is 0 Å². The Kier molecular flexibility index (Phi) is 7.38. The van der Waals surface area contributed by atoms with Crippen LogP contribution < -0.4 is 11.5 Å². The number of para-hydroxylation sites is 2. The maximum atomic E-state index is 10.9. The normalized spacial score (nSPS) is 13.1. The lowest BCUT2D eigenvalue weighted by Gasteiger charge is -2.13. The summed E-state index contributed by atoms with van der Waals surface area (Å²) in [6.07, 6.45) is 0.670. The van der Waals surface area contributed by atoms with E-state index in [2.05, 4.69) is 10.1 Å². The second kappa shape index (κ2) is 10.4. The molecule has 4 aromatic rings. The second-order valence-corrected chi connectivity index (χ2v) is 8.80. The molecule has 0 aliphatic heterocycles. The Bertz CT molecular complexity index is 1440. The lowest BCUT2D eigenvalue weighted by molar-refractivity contribution is 0.156. The first-order valence-electron chi connectivity index (χ1n) is 10.3. The summed E-state index contributed by atoms with van der Waals surface area (Å²) in [5, 5.41) is 24.9. The first-order chi connectivity index (χ1) is 16.4. The van der Waals surface area contributed by atoms with Crippen LogP contribution in [0.5, 0.6) is 0 Å². The molecule has 10 heteroatoms. The highest BCUT2D eigenvalue weighted by Crippen LogP contribution is 2.27. The third-order valence-corrected chi connectivity index (χ3v) is 6.32. The van der Waals surface area contributed by atoms with E-state index in [1.807, 2.05) is 24.3 Å². The van der Waals surface area contributed by atoms with Crippen molar-refractivity contribution in [2.24, 2.45) is 15.9 Å². The standard InChI is InChI=1S/C24H21Cl3N6O/c25-16-6-8-17(9-7-16)30-12-18(31-29)13-32-21-3-1-2-4-22(21)33(24(32)28)14-23(34)15-5-10-19(26)20(27)11-15/h1-12,23,28,34H,13-14,29H2. The lowest BCUT2D eigenvalue weighted by Crippen LogP contribution is -2.29. The molecule has 1 unspecified atom stereocenters. The summed E-state index contributed by atoms with van der Waals surface area (Å²) < 4.78 is 3.49. The van der Waals surface area contributed by atoms with Gasteiger partial charge in [-0.15, -0.1) is 0 Å². The molecular weight excluding hydrogens is 495 g/mol. The molecule has 0 spiro atoms. The SMILES string of the molecule is N=c1n(CC(C=Nc2ccc(Cl)cc2)=NN)c2ccccc2n1CC(O)c1ccc(Cl)c(Cl)c1. The number of fused-ring (bicyclic) bond motifs is 1. The Morgan fingerprint density at radius 1 is 0.971 bits per heavy atom. The Morgan fingerprint density at radius 3 is 2.29 bits per heavy atom. The highest BCUT2D eigenvalue weighted by Gasteiger charge is 2.17. The van der Waals surface area contributed by atoms with Gasteiger partial charge in [0, 0.05) is 5.02 Å². The van der Waals surface area contributed by atoms with Gasteiger partial charge in [-0.05, 0) is 54.1 Å². The molecule has 1 atom stereocenters. The minimum absolute atomic E-state index is 0.151. The Morgan fingerprint density at radius 2 is 1.65 bits per heavy atom. The number of aliphatic hydroxyl groups is 1.